The van der Waals surface area contributed by atoms with E-state index in [1.54, 1.807) is 31.2 Å². The zero-order valence-electron chi connectivity index (χ0n) is 12.0. The molecule has 1 heterocycles. The molecule has 20 heavy (non-hydrogen) atoms. The number of carbonyl (C=O) groups is 1. The Kier molecular flexibility index (Phi) is 4.62. The van der Waals surface area contributed by atoms with Crippen LogP contribution >= 0.6 is 0 Å². The standard InChI is InChI=1S/C16H20N2O2/c1-12-5-3-4-10-18(12)16(19)13(2)20-15-8-6-14(11-17)7-9-15/h6-9,12-13H,3-5,10H2,1-2H3/t12-,13-/m1/s1. The van der Waals surface area contributed by atoms with E-state index in [-0.39, 0.29) is 5.91 Å². The topological polar surface area (TPSA) is 53.3 Å². The van der Waals surface area contributed by atoms with Crippen molar-refractivity contribution in [2.75, 3.05) is 6.54 Å². The molecule has 1 aromatic carbocycles. The fourth-order valence-corrected chi connectivity index (χ4v) is 2.52. The average Bonchev–Trinajstić information content (AvgIpc) is 2.48. The zero-order valence-corrected chi connectivity index (χ0v) is 12.0. The van der Waals surface area contributed by atoms with Gasteiger partial charge in [-0.2, -0.15) is 5.26 Å². The Bertz CT molecular complexity index is 504. The SMILES string of the molecule is C[C@@H]1CCCCN1C(=O)[C@@H](C)Oc1ccc(C#N)cc1. The summed E-state index contributed by atoms with van der Waals surface area (Å²) in [6.07, 6.45) is 2.83. The van der Waals surface area contributed by atoms with Gasteiger partial charge in [0.15, 0.2) is 6.10 Å². The monoisotopic (exact) mass is 272 g/mol. The Morgan fingerprint density at radius 3 is 2.70 bits per heavy atom. The second-order valence-electron chi connectivity index (χ2n) is 5.27. The lowest BCUT2D eigenvalue weighted by molar-refractivity contribution is -0.141. The highest BCUT2D eigenvalue weighted by atomic mass is 16.5. The number of piperidine rings is 1. The first-order valence-corrected chi connectivity index (χ1v) is 7.09. The van der Waals surface area contributed by atoms with Crippen molar-refractivity contribution in [1.82, 2.24) is 4.90 Å². The molecule has 1 amide bonds. The van der Waals surface area contributed by atoms with Crippen LogP contribution in [0.5, 0.6) is 5.75 Å². The summed E-state index contributed by atoms with van der Waals surface area (Å²) in [6, 6.07) is 9.18. The fourth-order valence-electron chi connectivity index (χ4n) is 2.52. The largest absolute Gasteiger partial charge is 0.481 e. The first kappa shape index (κ1) is 14.4. The molecule has 0 aromatic heterocycles. The molecule has 0 N–H and O–H groups in total. The van der Waals surface area contributed by atoms with Crippen LogP contribution in [0.3, 0.4) is 0 Å². The van der Waals surface area contributed by atoms with Crippen molar-refractivity contribution in [1.29, 1.82) is 5.26 Å². The van der Waals surface area contributed by atoms with Gasteiger partial charge in [-0.25, -0.2) is 0 Å². The van der Waals surface area contributed by atoms with Gasteiger partial charge < -0.3 is 9.64 Å². The van der Waals surface area contributed by atoms with Crippen LogP contribution in [0.15, 0.2) is 24.3 Å². The van der Waals surface area contributed by atoms with E-state index >= 15 is 0 Å². The Morgan fingerprint density at radius 1 is 1.40 bits per heavy atom. The number of amides is 1. The number of ether oxygens (including phenoxy) is 1. The lowest BCUT2D eigenvalue weighted by Gasteiger charge is -2.35. The van der Waals surface area contributed by atoms with E-state index in [0.29, 0.717) is 17.4 Å². The van der Waals surface area contributed by atoms with Crippen molar-refractivity contribution in [2.24, 2.45) is 0 Å². The molecular weight excluding hydrogens is 252 g/mol. The third-order valence-corrected chi connectivity index (χ3v) is 3.73. The molecule has 0 radical (unpaired) electrons. The van der Waals surface area contributed by atoms with Gasteiger partial charge in [0.1, 0.15) is 5.75 Å². The molecule has 4 heteroatoms. The lowest BCUT2D eigenvalue weighted by Crippen LogP contribution is -2.47. The van der Waals surface area contributed by atoms with Crippen molar-refractivity contribution in [3.63, 3.8) is 0 Å². The summed E-state index contributed by atoms with van der Waals surface area (Å²) in [6.45, 7) is 4.69. The highest BCUT2D eigenvalue weighted by molar-refractivity contribution is 5.81. The van der Waals surface area contributed by atoms with Crippen molar-refractivity contribution in [3.8, 4) is 11.8 Å². The Balaban J connectivity index is 1.98. The first-order valence-electron chi connectivity index (χ1n) is 7.09. The van der Waals surface area contributed by atoms with E-state index < -0.39 is 6.10 Å². The van der Waals surface area contributed by atoms with Crippen molar-refractivity contribution < 1.29 is 9.53 Å². The average molecular weight is 272 g/mol. The number of hydrogen-bond donors (Lipinski definition) is 0. The van der Waals surface area contributed by atoms with Crippen LogP contribution in [-0.2, 0) is 4.79 Å². The summed E-state index contributed by atoms with van der Waals surface area (Å²) in [5, 5.41) is 8.75. The van der Waals surface area contributed by atoms with Crippen molar-refractivity contribution in [2.45, 2.75) is 45.3 Å². The van der Waals surface area contributed by atoms with E-state index in [1.165, 1.54) is 6.42 Å². The molecular formula is C16H20N2O2. The normalized spacial score (nSPS) is 20.1. The highest BCUT2D eigenvalue weighted by Gasteiger charge is 2.27. The number of nitriles is 1. The number of benzene rings is 1. The highest BCUT2D eigenvalue weighted by Crippen LogP contribution is 2.19. The maximum Gasteiger partial charge on any atom is 0.263 e. The number of rotatable bonds is 3. The summed E-state index contributed by atoms with van der Waals surface area (Å²) in [7, 11) is 0. The third kappa shape index (κ3) is 3.30. The predicted octanol–water partition coefficient (Wildman–Crippen LogP) is 2.73. The molecule has 1 aliphatic heterocycles. The van der Waals surface area contributed by atoms with Crippen LogP contribution in [0.2, 0.25) is 0 Å². The van der Waals surface area contributed by atoms with E-state index in [2.05, 4.69) is 13.0 Å². The molecule has 0 unspecified atom stereocenters. The molecule has 2 rings (SSSR count). The summed E-state index contributed by atoms with van der Waals surface area (Å²) < 4.78 is 5.68. The molecule has 1 aliphatic rings. The quantitative estimate of drug-likeness (QED) is 0.850. The number of nitrogens with zero attached hydrogens (tertiary/aromatic N) is 2. The number of likely N-dealkylation sites (tertiary alicyclic amines) is 1. The molecule has 106 valence electrons. The molecule has 0 bridgehead atoms. The first-order chi connectivity index (χ1) is 9.61. The maximum atomic E-state index is 12.4. The minimum Gasteiger partial charge on any atom is -0.481 e. The summed E-state index contributed by atoms with van der Waals surface area (Å²) >= 11 is 0. The van der Waals surface area contributed by atoms with E-state index in [1.807, 2.05) is 4.90 Å². The van der Waals surface area contributed by atoms with Gasteiger partial charge in [0, 0.05) is 12.6 Å². The van der Waals surface area contributed by atoms with Crippen molar-refractivity contribution >= 4 is 5.91 Å². The molecule has 2 atom stereocenters. The van der Waals surface area contributed by atoms with E-state index in [0.717, 1.165) is 19.4 Å². The Labute approximate surface area is 120 Å². The zero-order chi connectivity index (χ0) is 14.5. The summed E-state index contributed by atoms with van der Waals surface area (Å²) in [5.74, 6) is 0.663. The van der Waals surface area contributed by atoms with Crippen LogP contribution in [0.25, 0.3) is 0 Å². The summed E-state index contributed by atoms with van der Waals surface area (Å²) in [5.41, 5.74) is 0.584. The van der Waals surface area contributed by atoms with Crippen LogP contribution < -0.4 is 4.74 Å². The molecule has 1 saturated heterocycles. The van der Waals surface area contributed by atoms with Crippen LogP contribution in [0, 0.1) is 11.3 Å². The lowest BCUT2D eigenvalue weighted by atomic mass is 10.0. The van der Waals surface area contributed by atoms with E-state index in [4.69, 9.17) is 10.00 Å². The second-order valence-corrected chi connectivity index (χ2v) is 5.27. The van der Waals surface area contributed by atoms with Gasteiger partial charge in [0.2, 0.25) is 0 Å². The maximum absolute atomic E-state index is 12.4. The van der Waals surface area contributed by atoms with Crippen LogP contribution in [0.1, 0.15) is 38.7 Å². The smallest absolute Gasteiger partial charge is 0.263 e. The molecule has 0 spiro atoms. The van der Waals surface area contributed by atoms with Gasteiger partial charge in [-0.05, 0) is 57.4 Å². The number of hydrogen-bond acceptors (Lipinski definition) is 3. The van der Waals surface area contributed by atoms with Crippen LogP contribution in [0.4, 0.5) is 0 Å². The minimum atomic E-state index is -0.497. The molecule has 0 saturated carbocycles. The molecule has 1 aromatic rings. The minimum absolute atomic E-state index is 0.0431. The second kappa shape index (κ2) is 6.42. The van der Waals surface area contributed by atoms with Gasteiger partial charge in [0.05, 0.1) is 11.6 Å². The predicted molar refractivity (Wildman–Crippen MR) is 76.3 cm³/mol. The van der Waals surface area contributed by atoms with Gasteiger partial charge in [-0.15, -0.1) is 0 Å². The third-order valence-electron chi connectivity index (χ3n) is 3.73. The van der Waals surface area contributed by atoms with Gasteiger partial charge in [-0.1, -0.05) is 0 Å². The number of carbonyl (C=O) groups excluding carboxylic acids is 1. The summed E-state index contributed by atoms with van der Waals surface area (Å²) in [4.78, 5) is 14.3. The van der Waals surface area contributed by atoms with Gasteiger partial charge in [-0.3, -0.25) is 4.79 Å². The molecule has 0 aliphatic carbocycles. The molecule has 4 nitrogen and oxygen atoms in total. The molecule has 1 fully saturated rings. The van der Waals surface area contributed by atoms with Crippen molar-refractivity contribution in [3.05, 3.63) is 29.8 Å². The van der Waals surface area contributed by atoms with E-state index in [9.17, 15) is 4.79 Å². The Morgan fingerprint density at radius 2 is 2.10 bits per heavy atom. The van der Waals surface area contributed by atoms with Gasteiger partial charge >= 0.3 is 0 Å². The van der Waals surface area contributed by atoms with Crippen LogP contribution in [-0.4, -0.2) is 29.5 Å². The van der Waals surface area contributed by atoms with Gasteiger partial charge in [0.25, 0.3) is 5.91 Å². The Hall–Kier alpha value is -2.02. The fraction of sp³-hybridized carbons (Fsp3) is 0.500.